The standard InChI is InChI=1S/C20H18/c1-16-9-5-6-12-18(16)15-19-13-7-8-14-20(19)17-10-3-2-4-11-17/h2-14H,15H2,1H3. The molecule has 0 saturated heterocycles. The van der Waals surface area contributed by atoms with Gasteiger partial charge >= 0.3 is 0 Å². The minimum atomic E-state index is 0.984. The zero-order chi connectivity index (χ0) is 13.8. The Kier molecular flexibility index (Phi) is 3.64. The first-order valence-electron chi connectivity index (χ1n) is 7.02. The van der Waals surface area contributed by atoms with Gasteiger partial charge in [-0.3, -0.25) is 0 Å². The van der Waals surface area contributed by atoms with Crippen LogP contribution in [0.15, 0.2) is 78.9 Å². The Morgan fingerprint density at radius 2 is 1.20 bits per heavy atom. The van der Waals surface area contributed by atoms with Crippen LogP contribution in [0, 0.1) is 6.92 Å². The molecule has 0 N–H and O–H groups in total. The van der Waals surface area contributed by atoms with Crippen LogP contribution in [0.2, 0.25) is 0 Å². The van der Waals surface area contributed by atoms with Gasteiger partial charge in [0.2, 0.25) is 0 Å². The van der Waals surface area contributed by atoms with E-state index in [9.17, 15) is 0 Å². The van der Waals surface area contributed by atoms with Gasteiger partial charge in [-0.25, -0.2) is 0 Å². The maximum absolute atomic E-state index is 2.23. The molecule has 3 rings (SSSR count). The number of benzene rings is 3. The summed E-state index contributed by atoms with van der Waals surface area (Å²) in [5, 5.41) is 0. The quantitative estimate of drug-likeness (QED) is 0.601. The lowest BCUT2D eigenvalue weighted by molar-refractivity contribution is 1.16. The van der Waals surface area contributed by atoms with E-state index in [2.05, 4.69) is 85.8 Å². The van der Waals surface area contributed by atoms with Crippen molar-refractivity contribution in [2.75, 3.05) is 0 Å². The van der Waals surface area contributed by atoms with Gasteiger partial charge < -0.3 is 0 Å². The summed E-state index contributed by atoms with van der Waals surface area (Å²) in [4.78, 5) is 0. The van der Waals surface area contributed by atoms with E-state index < -0.39 is 0 Å². The molecule has 0 spiro atoms. The largest absolute Gasteiger partial charge is 0.0622 e. The Morgan fingerprint density at radius 3 is 1.95 bits per heavy atom. The third kappa shape index (κ3) is 2.65. The van der Waals surface area contributed by atoms with Crippen LogP contribution in [0.5, 0.6) is 0 Å². The van der Waals surface area contributed by atoms with Gasteiger partial charge in [0.05, 0.1) is 0 Å². The van der Waals surface area contributed by atoms with Crippen molar-refractivity contribution in [3.05, 3.63) is 95.6 Å². The molecule has 0 heteroatoms. The van der Waals surface area contributed by atoms with E-state index in [1.807, 2.05) is 0 Å². The van der Waals surface area contributed by atoms with Crippen molar-refractivity contribution in [2.45, 2.75) is 13.3 Å². The van der Waals surface area contributed by atoms with Crippen molar-refractivity contribution >= 4 is 0 Å². The van der Waals surface area contributed by atoms with Crippen molar-refractivity contribution < 1.29 is 0 Å². The van der Waals surface area contributed by atoms with Gasteiger partial charge in [-0.1, -0.05) is 78.9 Å². The van der Waals surface area contributed by atoms with E-state index in [0.717, 1.165) is 6.42 Å². The third-order valence-corrected chi connectivity index (χ3v) is 3.74. The maximum atomic E-state index is 2.23. The summed E-state index contributed by atoms with van der Waals surface area (Å²) in [6.45, 7) is 2.18. The highest BCUT2D eigenvalue weighted by atomic mass is 14.1. The Labute approximate surface area is 120 Å². The van der Waals surface area contributed by atoms with Crippen LogP contribution in [0.4, 0.5) is 0 Å². The van der Waals surface area contributed by atoms with Gasteiger partial charge in [0, 0.05) is 0 Å². The van der Waals surface area contributed by atoms with Gasteiger partial charge in [-0.15, -0.1) is 0 Å². The fourth-order valence-corrected chi connectivity index (χ4v) is 2.59. The predicted molar refractivity (Wildman–Crippen MR) is 85.9 cm³/mol. The third-order valence-electron chi connectivity index (χ3n) is 3.74. The number of hydrogen-bond donors (Lipinski definition) is 0. The van der Waals surface area contributed by atoms with E-state index in [1.165, 1.54) is 27.8 Å². The molecular formula is C20H18. The molecule has 0 aliphatic rings. The number of aryl methyl sites for hydroxylation is 1. The minimum Gasteiger partial charge on any atom is -0.0622 e. The molecule has 0 aromatic heterocycles. The first-order chi connectivity index (χ1) is 9.84. The fourth-order valence-electron chi connectivity index (χ4n) is 2.59. The minimum absolute atomic E-state index is 0.984. The highest BCUT2D eigenvalue weighted by molar-refractivity contribution is 5.67. The van der Waals surface area contributed by atoms with Crippen molar-refractivity contribution in [3.8, 4) is 11.1 Å². The summed E-state index contributed by atoms with van der Waals surface area (Å²) in [5.74, 6) is 0. The van der Waals surface area contributed by atoms with Crippen molar-refractivity contribution in [3.63, 3.8) is 0 Å². The molecule has 3 aromatic carbocycles. The van der Waals surface area contributed by atoms with Crippen LogP contribution >= 0.6 is 0 Å². The molecule has 0 aliphatic heterocycles. The van der Waals surface area contributed by atoms with Crippen LogP contribution < -0.4 is 0 Å². The zero-order valence-corrected chi connectivity index (χ0v) is 11.7. The first-order valence-corrected chi connectivity index (χ1v) is 7.02. The monoisotopic (exact) mass is 258 g/mol. The maximum Gasteiger partial charge on any atom is -0.00170 e. The zero-order valence-electron chi connectivity index (χ0n) is 11.7. The molecule has 0 aliphatic carbocycles. The molecule has 0 fully saturated rings. The second-order valence-corrected chi connectivity index (χ2v) is 5.13. The molecular weight excluding hydrogens is 240 g/mol. The van der Waals surface area contributed by atoms with E-state index in [4.69, 9.17) is 0 Å². The molecule has 98 valence electrons. The van der Waals surface area contributed by atoms with Crippen LogP contribution in [-0.2, 0) is 6.42 Å². The first kappa shape index (κ1) is 12.7. The number of hydrogen-bond acceptors (Lipinski definition) is 0. The van der Waals surface area contributed by atoms with Gasteiger partial charge in [0.1, 0.15) is 0 Å². The van der Waals surface area contributed by atoms with Crippen LogP contribution in [-0.4, -0.2) is 0 Å². The summed E-state index contributed by atoms with van der Waals surface area (Å²) in [6.07, 6.45) is 0.984. The molecule has 0 nitrogen and oxygen atoms in total. The van der Waals surface area contributed by atoms with Crippen molar-refractivity contribution in [1.82, 2.24) is 0 Å². The Balaban J connectivity index is 2.01. The van der Waals surface area contributed by atoms with E-state index in [1.54, 1.807) is 0 Å². The molecule has 0 saturated carbocycles. The Hall–Kier alpha value is -2.34. The Morgan fingerprint density at radius 1 is 0.600 bits per heavy atom. The molecule has 20 heavy (non-hydrogen) atoms. The van der Waals surface area contributed by atoms with Gasteiger partial charge in [-0.05, 0) is 41.2 Å². The summed E-state index contributed by atoms with van der Waals surface area (Å²) >= 11 is 0. The van der Waals surface area contributed by atoms with Crippen LogP contribution in [0.25, 0.3) is 11.1 Å². The highest BCUT2D eigenvalue weighted by Crippen LogP contribution is 2.26. The van der Waals surface area contributed by atoms with Gasteiger partial charge in [0.15, 0.2) is 0 Å². The van der Waals surface area contributed by atoms with Gasteiger partial charge in [0.25, 0.3) is 0 Å². The average molecular weight is 258 g/mol. The summed E-state index contributed by atoms with van der Waals surface area (Å²) in [6, 6.07) is 27.9. The molecule has 0 bridgehead atoms. The predicted octanol–water partition coefficient (Wildman–Crippen LogP) is 5.25. The topological polar surface area (TPSA) is 0 Å². The lowest BCUT2D eigenvalue weighted by Crippen LogP contribution is -1.94. The molecule has 0 amide bonds. The second kappa shape index (κ2) is 5.75. The number of rotatable bonds is 3. The SMILES string of the molecule is Cc1ccccc1Cc1ccccc1-c1ccccc1. The average Bonchev–Trinajstić information content (AvgIpc) is 2.51. The van der Waals surface area contributed by atoms with E-state index in [-0.39, 0.29) is 0 Å². The molecule has 0 radical (unpaired) electrons. The molecule has 0 atom stereocenters. The summed E-state index contributed by atoms with van der Waals surface area (Å²) in [5.41, 5.74) is 6.76. The fraction of sp³-hybridized carbons (Fsp3) is 0.100. The lowest BCUT2D eigenvalue weighted by Gasteiger charge is -2.11. The molecule has 3 aromatic rings. The summed E-state index contributed by atoms with van der Waals surface area (Å²) in [7, 11) is 0. The molecule has 0 heterocycles. The molecule has 0 unspecified atom stereocenters. The normalized spacial score (nSPS) is 10.4. The van der Waals surface area contributed by atoms with Crippen molar-refractivity contribution in [2.24, 2.45) is 0 Å². The lowest BCUT2D eigenvalue weighted by atomic mass is 9.93. The van der Waals surface area contributed by atoms with Gasteiger partial charge in [-0.2, -0.15) is 0 Å². The smallest absolute Gasteiger partial charge is 0.00170 e. The summed E-state index contributed by atoms with van der Waals surface area (Å²) < 4.78 is 0. The van der Waals surface area contributed by atoms with Crippen LogP contribution in [0.1, 0.15) is 16.7 Å². The van der Waals surface area contributed by atoms with Crippen molar-refractivity contribution in [1.29, 1.82) is 0 Å². The Bertz CT molecular complexity index is 696. The van der Waals surface area contributed by atoms with Crippen LogP contribution in [0.3, 0.4) is 0 Å². The highest BCUT2D eigenvalue weighted by Gasteiger charge is 2.06. The second-order valence-electron chi connectivity index (χ2n) is 5.13. The van der Waals surface area contributed by atoms with E-state index >= 15 is 0 Å². The van der Waals surface area contributed by atoms with E-state index in [0.29, 0.717) is 0 Å².